The van der Waals surface area contributed by atoms with Crippen molar-refractivity contribution in [1.29, 1.82) is 0 Å². The van der Waals surface area contributed by atoms with E-state index >= 15 is 0 Å². The summed E-state index contributed by atoms with van der Waals surface area (Å²) < 4.78 is 37.1. The van der Waals surface area contributed by atoms with E-state index in [1.807, 2.05) is 13.8 Å². The first-order valence-electron chi connectivity index (χ1n) is 8.89. The second kappa shape index (κ2) is 7.98. The zero-order valence-corrected chi connectivity index (χ0v) is 16.8. The third-order valence-corrected chi connectivity index (χ3v) is 7.20. The number of fused-ring (bicyclic) bond motifs is 1. The molecule has 1 aliphatic heterocycles. The van der Waals surface area contributed by atoms with Crippen molar-refractivity contribution in [2.75, 3.05) is 20.0 Å². The Balaban J connectivity index is 2.75. The lowest BCUT2D eigenvalue weighted by Crippen LogP contribution is -2.50. The van der Waals surface area contributed by atoms with Crippen LogP contribution in [-0.4, -0.2) is 44.2 Å². The molecule has 1 aliphatic rings. The quantitative estimate of drug-likeness (QED) is 0.723. The van der Waals surface area contributed by atoms with Crippen molar-refractivity contribution < 1.29 is 23.1 Å². The molecule has 0 radical (unpaired) electrons. The molecule has 6 nitrogen and oxygen atoms in total. The molecule has 0 aromatic heterocycles. The molecule has 2 rings (SSSR count). The van der Waals surface area contributed by atoms with Crippen LogP contribution in [0.25, 0.3) is 0 Å². The summed E-state index contributed by atoms with van der Waals surface area (Å²) in [6.07, 6.45) is 4.41. The van der Waals surface area contributed by atoms with Crippen molar-refractivity contribution in [3.63, 3.8) is 0 Å². The van der Waals surface area contributed by atoms with Crippen LogP contribution in [0.4, 0.5) is 0 Å². The van der Waals surface area contributed by atoms with Gasteiger partial charge in [-0.05, 0) is 24.5 Å². The zero-order valence-electron chi connectivity index (χ0n) is 16.0. The highest BCUT2D eigenvalue weighted by molar-refractivity contribution is 7.91. The van der Waals surface area contributed by atoms with Gasteiger partial charge in [-0.3, -0.25) is 0 Å². The monoisotopic (exact) mass is 383 g/mol. The molecule has 146 valence electrons. The number of unbranched alkanes of at least 4 members (excludes halogenated alkanes) is 1. The minimum Gasteiger partial charge on any atom is -0.493 e. The molecule has 1 N–H and O–H groups in total. The van der Waals surface area contributed by atoms with Crippen LogP contribution in [0.15, 0.2) is 29.7 Å². The number of hydrogen-bond donors (Lipinski definition) is 1. The molecule has 0 aliphatic carbocycles. The minimum absolute atomic E-state index is 0.153. The Bertz CT molecular complexity index is 761. The molecule has 0 saturated heterocycles. The molecular weight excluding hydrogens is 354 g/mol. The second-order valence-corrected chi connectivity index (χ2v) is 8.67. The average Bonchev–Trinajstić information content (AvgIpc) is 2.70. The Hall–Kier alpha value is -1.57. The van der Waals surface area contributed by atoms with E-state index in [4.69, 9.17) is 9.47 Å². The average molecular weight is 384 g/mol. The van der Waals surface area contributed by atoms with E-state index in [0.29, 0.717) is 29.9 Å². The van der Waals surface area contributed by atoms with Crippen LogP contribution in [0, 0.1) is 0 Å². The largest absolute Gasteiger partial charge is 0.493 e. The smallest absolute Gasteiger partial charge is 0.180 e. The maximum absolute atomic E-state index is 13.2. The highest BCUT2D eigenvalue weighted by atomic mass is 32.2. The maximum atomic E-state index is 13.2. The molecule has 0 unspecified atom stereocenters. The molecule has 0 spiro atoms. The Morgan fingerprint density at radius 3 is 2.42 bits per heavy atom. The van der Waals surface area contributed by atoms with E-state index in [1.165, 1.54) is 25.3 Å². The minimum atomic E-state index is -3.65. The van der Waals surface area contributed by atoms with Crippen LogP contribution in [-0.2, 0) is 9.84 Å². The SMILES string of the molecule is C=C[C@@H]1c2cc(OC)c(OC)cc2S(=O)(=O)C[C@@](CC)(CCCC)N1O. The summed E-state index contributed by atoms with van der Waals surface area (Å²) in [7, 11) is -0.688. The van der Waals surface area contributed by atoms with Gasteiger partial charge in [0.1, 0.15) is 0 Å². The lowest BCUT2D eigenvalue weighted by atomic mass is 9.89. The molecule has 0 amide bonds. The predicted octanol–water partition coefficient (Wildman–Crippen LogP) is 3.75. The van der Waals surface area contributed by atoms with Gasteiger partial charge in [0.05, 0.1) is 36.4 Å². The van der Waals surface area contributed by atoms with E-state index in [2.05, 4.69) is 6.58 Å². The first kappa shape index (κ1) is 20.7. The topological polar surface area (TPSA) is 76.1 Å². The number of sulfone groups is 1. The molecule has 0 saturated carbocycles. The van der Waals surface area contributed by atoms with Crippen LogP contribution >= 0.6 is 0 Å². The fraction of sp³-hybridized carbons (Fsp3) is 0.579. The fourth-order valence-electron chi connectivity index (χ4n) is 3.66. The number of benzene rings is 1. The highest BCUT2D eigenvalue weighted by Gasteiger charge is 2.46. The molecular formula is C19H29NO5S. The summed E-state index contributed by atoms with van der Waals surface area (Å²) in [4.78, 5) is 0.158. The Morgan fingerprint density at radius 2 is 1.92 bits per heavy atom. The van der Waals surface area contributed by atoms with E-state index in [-0.39, 0.29) is 10.6 Å². The van der Waals surface area contributed by atoms with Crippen molar-refractivity contribution in [1.82, 2.24) is 5.06 Å². The summed E-state index contributed by atoms with van der Waals surface area (Å²) in [5.41, 5.74) is -0.417. The summed E-state index contributed by atoms with van der Waals surface area (Å²) in [5.74, 6) is 0.610. The lowest BCUT2D eigenvalue weighted by molar-refractivity contribution is -0.191. The molecule has 0 bridgehead atoms. The Labute approximate surface area is 156 Å². The number of ether oxygens (including phenoxy) is 2. The van der Waals surface area contributed by atoms with Gasteiger partial charge in [0, 0.05) is 6.07 Å². The van der Waals surface area contributed by atoms with Crippen molar-refractivity contribution in [2.24, 2.45) is 0 Å². The van der Waals surface area contributed by atoms with Gasteiger partial charge >= 0.3 is 0 Å². The molecule has 7 heteroatoms. The molecule has 1 aromatic rings. The summed E-state index contributed by atoms with van der Waals surface area (Å²) in [6.45, 7) is 7.79. The number of nitrogens with zero attached hydrogens (tertiary/aromatic N) is 1. The van der Waals surface area contributed by atoms with E-state index in [1.54, 1.807) is 12.1 Å². The van der Waals surface area contributed by atoms with Gasteiger partial charge in [-0.2, -0.15) is 5.06 Å². The van der Waals surface area contributed by atoms with Gasteiger partial charge in [0.25, 0.3) is 0 Å². The molecule has 26 heavy (non-hydrogen) atoms. The van der Waals surface area contributed by atoms with Gasteiger partial charge in [-0.15, -0.1) is 6.58 Å². The van der Waals surface area contributed by atoms with Gasteiger partial charge in [-0.1, -0.05) is 32.8 Å². The molecule has 1 heterocycles. The lowest BCUT2D eigenvalue weighted by Gasteiger charge is -2.40. The third kappa shape index (κ3) is 3.48. The number of methoxy groups -OCH3 is 2. The Kier molecular flexibility index (Phi) is 6.37. The molecule has 0 fully saturated rings. The number of rotatable bonds is 7. The summed E-state index contributed by atoms with van der Waals surface area (Å²) >= 11 is 0. The highest BCUT2D eigenvalue weighted by Crippen LogP contribution is 2.45. The van der Waals surface area contributed by atoms with Crippen LogP contribution < -0.4 is 9.47 Å². The number of hydrogen-bond acceptors (Lipinski definition) is 6. The van der Waals surface area contributed by atoms with Gasteiger partial charge < -0.3 is 14.7 Å². The van der Waals surface area contributed by atoms with Crippen LogP contribution in [0.2, 0.25) is 0 Å². The first-order chi connectivity index (χ1) is 12.3. The summed E-state index contributed by atoms with van der Waals surface area (Å²) in [5, 5.41) is 12.3. The zero-order chi connectivity index (χ0) is 19.5. The molecule has 1 aromatic carbocycles. The predicted molar refractivity (Wildman–Crippen MR) is 101 cm³/mol. The van der Waals surface area contributed by atoms with Crippen LogP contribution in [0.1, 0.15) is 51.1 Å². The van der Waals surface area contributed by atoms with Crippen molar-refractivity contribution >= 4 is 9.84 Å². The summed E-state index contributed by atoms with van der Waals surface area (Å²) in [6, 6.07) is 2.45. The number of hydroxylamine groups is 2. The van der Waals surface area contributed by atoms with Gasteiger partial charge in [0.2, 0.25) is 0 Å². The maximum Gasteiger partial charge on any atom is 0.180 e. The Morgan fingerprint density at radius 1 is 1.31 bits per heavy atom. The van der Waals surface area contributed by atoms with Crippen molar-refractivity contribution in [3.05, 3.63) is 30.4 Å². The van der Waals surface area contributed by atoms with Gasteiger partial charge in [-0.25, -0.2) is 8.42 Å². The van der Waals surface area contributed by atoms with Crippen LogP contribution in [0.5, 0.6) is 11.5 Å². The van der Waals surface area contributed by atoms with Crippen LogP contribution in [0.3, 0.4) is 0 Å². The van der Waals surface area contributed by atoms with Crippen molar-refractivity contribution in [2.45, 2.75) is 56.0 Å². The fourth-order valence-corrected chi connectivity index (χ4v) is 5.83. The van der Waals surface area contributed by atoms with E-state index in [0.717, 1.165) is 12.8 Å². The van der Waals surface area contributed by atoms with E-state index < -0.39 is 21.4 Å². The molecule has 2 atom stereocenters. The van der Waals surface area contributed by atoms with E-state index in [9.17, 15) is 13.6 Å². The normalized spacial score (nSPS) is 25.2. The van der Waals surface area contributed by atoms with Gasteiger partial charge in [0.15, 0.2) is 21.3 Å². The second-order valence-electron chi connectivity index (χ2n) is 6.71. The third-order valence-electron chi connectivity index (χ3n) is 5.25. The standard InChI is InChI=1S/C19H29NO5S/c1-6-9-10-19(8-3)13-26(22,23)18-12-17(25-5)16(24-4)11-14(18)15(7-2)20(19)21/h7,11-12,15,21H,2,6,8-10,13H2,1,3-5H3/t15-,19-/m1/s1. The first-order valence-corrected chi connectivity index (χ1v) is 10.5. The van der Waals surface area contributed by atoms with Crippen molar-refractivity contribution in [3.8, 4) is 11.5 Å².